The second kappa shape index (κ2) is 5.96. The van der Waals surface area contributed by atoms with Gasteiger partial charge in [0.15, 0.2) is 0 Å². The Hall–Kier alpha value is -2.08. The third-order valence-corrected chi connectivity index (χ3v) is 4.93. The highest BCUT2D eigenvalue weighted by Crippen LogP contribution is 2.39. The third-order valence-electron chi connectivity index (χ3n) is 3.99. The van der Waals surface area contributed by atoms with E-state index in [-0.39, 0.29) is 30.2 Å². The van der Waals surface area contributed by atoms with E-state index in [1.807, 2.05) is 36.6 Å². The molecule has 2 atom stereocenters. The van der Waals surface area contributed by atoms with Crippen LogP contribution >= 0.6 is 11.3 Å². The first kappa shape index (κ1) is 14.8. The molecule has 1 aliphatic rings. The molecule has 0 bridgehead atoms. The summed E-state index contributed by atoms with van der Waals surface area (Å²) in [6.07, 6.45) is 0.252. The van der Waals surface area contributed by atoms with E-state index in [0.29, 0.717) is 6.54 Å². The highest BCUT2D eigenvalue weighted by atomic mass is 32.1. The number of nitrogens with one attached hydrogen (secondary N) is 1. The molecule has 1 N–H and O–H groups in total. The first-order valence-corrected chi connectivity index (χ1v) is 8.06. The van der Waals surface area contributed by atoms with E-state index in [1.54, 1.807) is 23.3 Å². The number of carbonyl (C=O) groups is 2. The Bertz CT molecular complexity index is 677. The first-order valence-electron chi connectivity index (χ1n) is 7.18. The van der Waals surface area contributed by atoms with E-state index in [1.165, 1.54) is 0 Å². The zero-order valence-corrected chi connectivity index (χ0v) is 13.4. The molecule has 0 saturated carbocycles. The third kappa shape index (κ3) is 2.78. The van der Waals surface area contributed by atoms with Crippen molar-refractivity contribution in [2.24, 2.45) is 5.92 Å². The van der Waals surface area contributed by atoms with Crippen molar-refractivity contribution in [3.05, 3.63) is 46.0 Å². The van der Waals surface area contributed by atoms with Crippen LogP contribution in [0.4, 0.5) is 0 Å². The molecule has 0 spiro atoms. The van der Waals surface area contributed by atoms with Crippen molar-refractivity contribution < 1.29 is 14.0 Å². The van der Waals surface area contributed by atoms with E-state index in [0.717, 1.165) is 16.4 Å². The molecule has 5 nitrogen and oxygen atoms in total. The predicted octanol–water partition coefficient (Wildman–Crippen LogP) is 2.49. The molecular formula is C16H18N2O3S. The van der Waals surface area contributed by atoms with Crippen LogP contribution in [0.15, 0.2) is 34.1 Å². The fourth-order valence-electron chi connectivity index (χ4n) is 2.84. The quantitative estimate of drug-likeness (QED) is 0.942. The molecule has 0 radical (unpaired) electrons. The maximum atomic E-state index is 12.5. The zero-order chi connectivity index (χ0) is 15.7. The van der Waals surface area contributed by atoms with Gasteiger partial charge in [-0.25, -0.2) is 0 Å². The molecule has 6 heteroatoms. The first-order chi connectivity index (χ1) is 10.6. The Morgan fingerprint density at radius 2 is 2.27 bits per heavy atom. The topological polar surface area (TPSA) is 62.6 Å². The van der Waals surface area contributed by atoms with Crippen LogP contribution in [-0.2, 0) is 16.1 Å². The van der Waals surface area contributed by atoms with Crippen LogP contribution in [0.2, 0.25) is 0 Å². The minimum atomic E-state index is -0.354. The van der Waals surface area contributed by atoms with Crippen molar-refractivity contribution in [2.45, 2.75) is 25.9 Å². The van der Waals surface area contributed by atoms with Gasteiger partial charge in [0, 0.05) is 18.3 Å². The van der Waals surface area contributed by atoms with Crippen molar-refractivity contribution >= 4 is 23.2 Å². The second-order valence-electron chi connectivity index (χ2n) is 5.51. The highest BCUT2D eigenvalue weighted by Gasteiger charge is 2.43. The van der Waals surface area contributed by atoms with Gasteiger partial charge in [0.25, 0.3) is 0 Å². The van der Waals surface area contributed by atoms with Crippen molar-refractivity contribution in [2.75, 3.05) is 7.05 Å². The van der Waals surface area contributed by atoms with Crippen LogP contribution in [-0.4, -0.2) is 23.8 Å². The number of likely N-dealkylation sites (tertiary alicyclic amines) is 1. The summed E-state index contributed by atoms with van der Waals surface area (Å²) in [5.74, 6) is 1.08. The lowest BCUT2D eigenvalue weighted by atomic mass is 9.98. The van der Waals surface area contributed by atoms with E-state index < -0.39 is 0 Å². The van der Waals surface area contributed by atoms with Crippen LogP contribution in [0.3, 0.4) is 0 Å². The van der Waals surface area contributed by atoms with Gasteiger partial charge in [-0.05, 0) is 30.5 Å². The number of rotatable bonds is 4. The van der Waals surface area contributed by atoms with Gasteiger partial charge in [-0.2, -0.15) is 0 Å². The maximum Gasteiger partial charge on any atom is 0.226 e. The lowest BCUT2D eigenvalue weighted by Gasteiger charge is -2.23. The van der Waals surface area contributed by atoms with Crippen LogP contribution in [0, 0.1) is 12.8 Å². The highest BCUT2D eigenvalue weighted by molar-refractivity contribution is 7.10. The van der Waals surface area contributed by atoms with E-state index in [9.17, 15) is 9.59 Å². The second-order valence-corrected chi connectivity index (χ2v) is 6.48. The minimum absolute atomic E-state index is 0.00685. The molecule has 116 valence electrons. The van der Waals surface area contributed by atoms with Gasteiger partial charge in [0.2, 0.25) is 11.8 Å². The molecule has 22 heavy (non-hydrogen) atoms. The average molecular weight is 318 g/mol. The lowest BCUT2D eigenvalue weighted by Crippen LogP contribution is -2.33. The van der Waals surface area contributed by atoms with Gasteiger partial charge in [-0.1, -0.05) is 6.07 Å². The average Bonchev–Trinajstić information content (AvgIpc) is 3.19. The van der Waals surface area contributed by atoms with Crippen LogP contribution in [0.25, 0.3) is 0 Å². The fourth-order valence-corrected chi connectivity index (χ4v) is 3.77. The summed E-state index contributed by atoms with van der Waals surface area (Å²) in [5.41, 5.74) is 0. The predicted molar refractivity (Wildman–Crippen MR) is 83.2 cm³/mol. The van der Waals surface area contributed by atoms with Gasteiger partial charge in [-0.3, -0.25) is 9.59 Å². The molecule has 2 aromatic heterocycles. The van der Waals surface area contributed by atoms with E-state index >= 15 is 0 Å². The molecule has 0 aliphatic carbocycles. The fraction of sp³-hybridized carbons (Fsp3) is 0.375. The molecule has 1 saturated heterocycles. The molecule has 0 unspecified atom stereocenters. The van der Waals surface area contributed by atoms with Crippen LogP contribution in [0.1, 0.15) is 28.9 Å². The van der Waals surface area contributed by atoms with E-state index in [2.05, 4.69) is 5.32 Å². The molecule has 0 aromatic carbocycles. The summed E-state index contributed by atoms with van der Waals surface area (Å²) in [4.78, 5) is 27.2. The van der Waals surface area contributed by atoms with Gasteiger partial charge in [0.05, 0.1) is 18.5 Å². The SMILES string of the molecule is Cc1ccc(CNC(=O)[C@@H]2CC(=O)N(C)[C@H]2c2cccs2)o1. The van der Waals surface area contributed by atoms with Crippen molar-refractivity contribution in [1.82, 2.24) is 10.2 Å². The zero-order valence-electron chi connectivity index (χ0n) is 12.5. The molecule has 2 amide bonds. The van der Waals surface area contributed by atoms with Gasteiger partial charge < -0.3 is 14.6 Å². The van der Waals surface area contributed by atoms with Crippen molar-refractivity contribution in [3.8, 4) is 0 Å². The Kier molecular flexibility index (Phi) is 4.02. The number of amides is 2. The summed E-state index contributed by atoms with van der Waals surface area (Å²) in [5, 5.41) is 4.85. The van der Waals surface area contributed by atoms with Crippen molar-refractivity contribution in [1.29, 1.82) is 0 Å². The molecule has 2 aromatic rings. The number of furan rings is 1. The molecular weight excluding hydrogens is 300 g/mol. The standard InChI is InChI=1S/C16H18N2O3S/c1-10-5-6-11(21-10)9-17-16(20)12-8-14(19)18(2)15(12)13-4-3-7-22-13/h3-7,12,15H,8-9H2,1-2H3,(H,17,20)/t12-,15-/m1/s1. The Balaban J connectivity index is 1.71. The molecule has 3 heterocycles. The molecule has 3 rings (SSSR count). The largest absolute Gasteiger partial charge is 0.465 e. The summed E-state index contributed by atoms with van der Waals surface area (Å²) in [6, 6.07) is 7.45. The summed E-state index contributed by atoms with van der Waals surface area (Å²) in [7, 11) is 1.76. The number of thiophene rings is 1. The Labute approximate surface area is 132 Å². The number of hydrogen-bond acceptors (Lipinski definition) is 4. The maximum absolute atomic E-state index is 12.5. The van der Waals surface area contributed by atoms with Crippen LogP contribution < -0.4 is 5.32 Å². The number of aryl methyl sites for hydroxylation is 1. The van der Waals surface area contributed by atoms with E-state index in [4.69, 9.17) is 4.42 Å². The minimum Gasteiger partial charge on any atom is -0.465 e. The Morgan fingerprint density at radius 1 is 1.45 bits per heavy atom. The Morgan fingerprint density at radius 3 is 2.91 bits per heavy atom. The van der Waals surface area contributed by atoms with Crippen LogP contribution in [0.5, 0.6) is 0 Å². The summed E-state index contributed by atoms with van der Waals surface area (Å²) < 4.78 is 5.45. The lowest BCUT2D eigenvalue weighted by molar-refractivity contribution is -0.128. The number of hydrogen-bond donors (Lipinski definition) is 1. The van der Waals surface area contributed by atoms with Gasteiger partial charge in [0.1, 0.15) is 11.5 Å². The summed E-state index contributed by atoms with van der Waals surface area (Å²) in [6.45, 7) is 2.21. The normalized spacial score (nSPS) is 21.4. The molecule has 1 aliphatic heterocycles. The number of nitrogens with zero attached hydrogens (tertiary/aromatic N) is 1. The smallest absolute Gasteiger partial charge is 0.226 e. The van der Waals surface area contributed by atoms with Gasteiger partial charge >= 0.3 is 0 Å². The van der Waals surface area contributed by atoms with Gasteiger partial charge in [-0.15, -0.1) is 11.3 Å². The molecule has 1 fully saturated rings. The monoisotopic (exact) mass is 318 g/mol. The van der Waals surface area contributed by atoms with Crippen molar-refractivity contribution in [3.63, 3.8) is 0 Å². The number of carbonyl (C=O) groups excluding carboxylic acids is 2. The summed E-state index contributed by atoms with van der Waals surface area (Å²) >= 11 is 1.57.